The number of rotatable bonds is 9. The zero-order valence-corrected chi connectivity index (χ0v) is 17.8. The van der Waals surface area contributed by atoms with E-state index in [0.29, 0.717) is 23.8 Å². The van der Waals surface area contributed by atoms with Gasteiger partial charge < -0.3 is 19.5 Å². The topological polar surface area (TPSA) is 57.5 Å². The zero-order valence-electron chi connectivity index (χ0n) is 17.8. The zero-order chi connectivity index (χ0) is 20.8. The predicted molar refractivity (Wildman–Crippen MR) is 114 cm³/mol. The molecule has 0 atom stereocenters. The molecule has 0 aliphatic heterocycles. The summed E-state index contributed by atoms with van der Waals surface area (Å²) in [5.74, 6) is 1.95. The number of methoxy groups -OCH3 is 3. The summed E-state index contributed by atoms with van der Waals surface area (Å²) in [7, 11) is 4.88. The molecule has 2 aromatic carbocycles. The maximum atomic E-state index is 5.57. The van der Waals surface area contributed by atoms with Crippen molar-refractivity contribution >= 4 is 0 Å². The highest BCUT2D eigenvalue weighted by Gasteiger charge is 2.16. The van der Waals surface area contributed by atoms with E-state index < -0.39 is 0 Å². The summed E-state index contributed by atoms with van der Waals surface area (Å²) in [6.45, 7) is 6.33. The summed E-state index contributed by atoms with van der Waals surface area (Å²) < 4.78 is 18.5. The monoisotopic (exact) mass is 395 g/mol. The van der Waals surface area contributed by atoms with E-state index in [9.17, 15) is 0 Å². The van der Waals surface area contributed by atoms with E-state index in [2.05, 4.69) is 48.1 Å². The largest absolute Gasteiger partial charge is 0.493 e. The van der Waals surface area contributed by atoms with Gasteiger partial charge in [-0.25, -0.2) is 0 Å². The quantitative estimate of drug-likeness (QED) is 0.596. The molecule has 0 unspecified atom stereocenters. The number of ether oxygens (including phenoxy) is 3. The van der Waals surface area contributed by atoms with Crippen LogP contribution in [0.5, 0.6) is 17.2 Å². The smallest absolute Gasteiger partial charge is 0.203 e. The van der Waals surface area contributed by atoms with Crippen molar-refractivity contribution in [3.63, 3.8) is 0 Å². The van der Waals surface area contributed by atoms with Gasteiger partial charge in [0, 0.05) is 29.9 Å². The molecule has 0 aliphatic carbocycles. The van der Waals surface area contributed by atoms with Crippen LogP contribution in [0.25, 0.3) is 0 Å². The van der Waals surface area contributed by atoms with Crippen LogP contribution in [0, 0.1) is 13.8 Å². The Kier molecular flexibility index (Phi) is 6.77. The van der Waals surface area contributed by atoms with Gasteiger partial charge in [0.25, 0.3) is 0 Å². The summed E-state index contributed by atoms with van der Waals surface area (Å²) >= 11 is 0. The minimum Gasteiger partial charge on any atom is -0.493 e. The van der Waals surface area contributed by atoms with E-state index >= 15 is 0 Å². The Morgan fingerprint density at radius 1 is 0.862 bits per heavy atom. The fourth-order valence-electron chi connectivity index (χ4n) is 3.52. The summed E-state index contributed by atoms with van der Waals surface area (Å²) in [5.41, 5.74) is 5.70. The molecule has 154 valence electrons. The average molecular weight is 396 g/mol. The van der Waals surface area contributed by atoms with Crippen molar-refractivity contribution in [2.24, 2.45) is 0 Å². The lowest BCUT2D eigenvalue weighted by Crippen LogP contribution is -2.15. The first-order valence-electron chi connectivity index (χ1n) is 9.64. The molecule has 3 aromatic rings. The standard InChI is InChI=1S/C23H29N3O3/c1-16-20(17(2)26(25-16)15-18-9-7-6-8-10-18)14-24-13-19-11-12-21(27-3)23(29-5)22(19)28-4/h6-12,24H,13-15H2,1-5H3. The third kappa shape index (κ3) is 4.54. The summed E-state index contributed by atoms with van der Waals surface area (Å²) in [6, 6.07) is 14.3. The van der Waals surface area contributed by atoms with Gasteiger partial charge >= 0.3 is 0 Å². The van der Waals surface area contributed by atoms with Crippen LogP contribution in [0.1, 0.15) is 28.1 Å². The van der Waals surface area contributed by atoms with E-state index in [-0.39, 0.29) is 0 Å². The lowest BCUT2D eigenvalue weighted by molar-refractivity contribution is 0.321. The van der Waals surface area contributed by atoms with Crippen LogP contribution in [-0.4, -0.2) is 31.1 Å². The number of nitrogens with zero attached hydrogens (tertiary/aromatic N) is 2. The molecule has 0 saturated heterocycles. The molecule has 1 aromatic heterocycles. The SMILES string of the molecule is COc1ccc(CNCc2c(C)nn(Cc3ccccc3)c2C)c(OC)c1OC. The number of benzene rings is 2. The van der Waals surface area contributed by atoms with Gasteiger partial charge in [-0.1, -0.05) is 36.4 Å². The maximum absolute atomic E-state index is 5.57. The molecule has 1 heterocycles. The Morgan fingerprint density at radius 2 is 1.59 bits per heavy atom. The number of aryl methyl sites for hydroxylation is 1. The second-order valence-electron chi connectivity index (χ2n) is 6.89. The first-order valence-corrected chi connectivity index (χ1v) is 9.64. The van der Waals surface area contributed by atoms with E-state index in [1.165, 1.54) is 16.8 Å². The van der Waals surface area contributed by atoms with Gasteiger partial charge in [0.1, 0.15) is 0 Å². The molecule has 6 nitrogen and oxygen atoms in total. The highest BCUT2D eigenvalue weighted by molar-refractivity contribution is 5.55. The van der Waals surface area contributed by atoms with Crippen molar-refractivity contribution in [1.29, 1.82) is 0 Å². The van der Waals surface area contributed by atoms with Crippen molar-refractivity contribution in [2.75, 3.05) is 21.3 Å². The van der Waals surface area contributed by atoms with Crippen LogP contribution in [-0.2, 0) is 19.6 Å². The van der Waals surface area contributed by atoms with Crippen molar-refractivity contribution in [3.05, 3.63) is 70.5 Å². The van der Waals surface area contributed by atoms with Gasteiger partial charge in [0.2, 0.25) is 5.75 Å². The normalized spacial score (nSPS) is 10.8. The van der Waals surface area contributed by atoms with E-state index in [1.54, 1.807) is 21.3 Å². The van der Waals surface area contributed by atoms with Crippen LogP contribution < -0.4 is 19.5 Å². The second kappa shape index (κ2) is 9.47. The molecule has 0 bridgehead atoms. The molecule has 3 rings (SSSR count). The van der Waals surface area contributed by atoms with Gasteiger partial charge in [-0.2, -0.15) is 5.10 Å². The van der Waals surface area contributed by atoms with Crippen LogP contribution in [0.15, 0.2) is 42.5 Å². The molecule has 0 radical (unpaired) electrons. The molecular weight excluding hydrogens is 366 g/mol. The van der Waals surface area contributed by atoms with Crippen LogP contribution >= 0.6 is 0 Å². The van der Waals surface area contributed by atoms with Gasteiger partial charge in [0.15, 0.2) is 11.5 Å². The van der Waals surface area contributed by atoms with Crippen LogP contribution in [0.2, 0.25) is 0 Å². The molecular formula is C23H29N3O3. The van der Waals surface area contributed by atoms with Gasteiger partial charge in [0.05, 0.1) is 33.6 Å². The maximum Gasteiger partial charge on any atom is 0.203 e. The lowest BCUT2D eigenvalue weighted by Gasteiger charge is -2.16. The van der Waals surface area contributed by atoms with E-state index in [4.69, 9.17) is 19.3 Å². The minimum atomic E-state index is 0.609. The predicted octanol–water partition coefficient (Wildman–Crippen LogP) is 3.86. The average Bonchev–Trinajstić information content (AvgIpc) is 3.01. The van der Waals surface area contributed by atoms with Gasteiger partial charge in [-0.3, -0.25) is 4.68 Å². The third-order valence-corrected chi connectivity index (χ3v) is 5.11. The number of hydrogen-bond donors (Lipinski definition) is 1. The van der Waals surface area contributed by atoms with E-state index in [1.807, 2.05) is 18.2 Å². The Labute approximate surface area is 172 Å². The molecule has 0 fully saturated rings. The second-order valence-corrected chi connectivity index (χ2v) is 6.89. The number of nitrogens with one attached hydrogen (secondary N) is 1. The Hall–Kier alpha value is -2.99. The first kappa shape index (κ1) is 20.7. The molecule has 0 saturated carbocycles. The van der Waals surface area contributed by atoms with E-state index in [0.717, 1.165) is 24.3 Å². The molecule has 0 spiro atoms. The fraction of sp³-hybridized carbons (Fsp3) is 0.348. The molecule has 6 heteroatoms. The molecule has 0 aliphatic rings. The third-order valence-electron chi connectivity index (χ3n) is 5.11. The van der Waals surface area contributed by atoms with Crippen LogP contribution in [0.3, 0.4) is 0 Å². The molecule has 29 heavy (non-hydrogen) atoms. The summed E-state index contributed by atoms with van der Waals surface area (Å²) in [4.78, 5) is 0. The highest BCUT2D eigenvalue weighted by Crippen LogP contribution is 2.39. The first-order chi connectivity index (χ1) is 14.1. The number of aromatic nitrogens is 2. The fourth-order valence-corrected chi connectivity index (χ4v) is 3.52. The molecule has 0 amide bonds. The Morgan fingerprint density at radius 3 is 2.24 bits per heavy atom. The van der Waals surface area contributed by atoms with Gasteiger partial charge in [-0.15, -0.1) is 0 Å². The highest BCUT2D eigenvalue weighted by atomic mass is 16.5. The minimum absolute atomic E-state index is 0.609. The number of hydrogen-bond acceptors (Lipinski definition) is 5. The van der Waals surface area contributed by atoms with Crippen molar-refractivity contribution in [1.82, 2.24) is 15.1 Å². The van der Waals surface area contributed by atoms with Gasteiger partial charge in [-0.05, 0) is 25.5 Å². The Bertz CT molecular complexity index is 952. The lowest BCUT2D eigenvalue weighted by atomic mass is 10.1. The summed E-state index contributed by atoms with van der Waals surface area (Å²) in [6.07, 6.45) is 0. The Balaban J connectivity index is 1.71. The van der Waals surface area contributed by atoms with Crippen molar-refractivity contribution < 1.29 is 14.2 Å². The van der Waals surface area contributed by atoms with Crippen molar-refractivity contribution in [3.8, 4) is 17.2 Å². The van der Waals surface area contributed by atoms with Crippen LogP contribution in [0.4, 0.5) is 0 Å². The molecule has 1 N–H and O–H groups in total. The van der Waals surface area contributed by atoms with Crippen molar-refractivity contribution in [2.45, 2.75) is 33.5 Å². The summed E-state index contributed by atoms with van der Waals surface area (Å²) in [5, 5.41) is 8.24.